The second-order valence-corrected chi connectivity index (χ2v) is 5.54. The van der Waals surface area contributed by atoms with Crippen LogP contribution in [0.4, 0.5) is 11.4 Å². The molecule has 1 aromatic heterocycles. The molecule has 0 aliphatic heterocycles. The molecule has 1 amide bonds. The van der Waals surface area contributed by atoms with Crippen molar-refractivity contribution in [1.29, 1.82) is 0 Å². The Morgan fingerprint density at radius 3 is 2.70 bits per heavy atom. The van der Waals surface area contributed by atoms with E-state index in [9.17, 15) is 4.79 Å². The predicted octanol–water partition coefficient (Wildman–Crippen LogP) is 2.49. The van der Waals surface area contributed by atoms with Gasteiger partial charge in [0.1, 0.15) is 5.56 Å². The number of benzene rings is 1. The van der Waals surface area contributed by atoms with Gasteiger partial charge in [-0.2, -0.15) is 0 Å². The van der Waals surface area contributed by atoms with Crippen LogP contribution in [0.5, 0.6) is 0 Å². The third kappa shape index (κ3) is 4.55. The van der Waals surface area contributed by atoms with Gasteiger partial charge in [-0.25, -0.2) is 10.9 Å². The monoisotopic (exact) mass is 331 g/mol. The summed E-state index contributed by atoms with van der Waals surface area (Å²) in [4.78, 5) is 16.7. The Morgan fingerprint density at radius 2 is 2.04 bits per heavy atom. The number of carbonyl (C=O) groups is 1. The molecule has 0 bridgehead atoms. The smallest absolute Gasteiger partial charge is 0.259 e. The lowest BCUT2D eigenvalue weighted by molar-refractivity contribution is -0.538. The van der Waals surface area contributed by atoms with Gasteiger partial charge in [0.15, 0.2) is 5.69 Å². The summed E-state index contributed by atoms with van der Waals surface area (Å²) < 4.78 is 0. The fraction of sp³-hybridized carbons (Fsp3) is 0.176. The first-order chi connectivity index (χ1) is 11.0. The van der Waals surface area contributed by atoms with E-state index in [1.54, 1.807) is 23.6 Å². The zero-order valence-electron chi connectivity index (χ0n) is 13.2. The number of pyridine rings is 1. The second kappa shape index (κ2) is 7.76. The highest BCUT2D eigenvalue weighted by atomic mass is 35.5. The van der Waals surface area contributed by atoms with Gasteiger partial charge in [-0.15, -0.1) is 6.58 Å². The first-order valence-corrected chi connectivity index (χ1v) is 7.61. The van der Waals surface area contributed by atoms with E-state index >= 15 is 0 Å². The quantitative estimate of drug-likeness (QED) is 0.432. The van der Waals surface area contributed by atoms with Gasteiger partial charge in [-0.1, -0.05) is 17.7 Å². The molecule has 4 N–H and O–H groups in total. The molecule has 2 aromatic rings. The van der Waals surface area contributed by atoms with Crippen LogP contribution < -0.4 is 16.2 Å². The highest BCUT2D eigenvalue weighted by Gasteiger charge is 2.19. The molecule has 2 rings (SSSR count). The maximum absolute atomic E-state index is 12.3. The first kappa shape index (κ1) is 17.0. The Morgan fingerprint density at radius 1 is 1.35 bits per heavy atom. The molecule has 0 atom stereocenters. The molecule has 0 aliphatic rings. The average Bonchev–Trinajstić information content (AvgIpc) is 2.51. The highest BCUT2D eigenvalue weighted by molar-refractivity contribution is 6.30. The summed E-state index contributed by atoms with van der Waals surface area (Å²) in [7, 11) is 0. The molecule has 1 aromatic carbocycles. The molecule has 23 heavy (non-hydrogen) atoms. The number of nitrogens with zero attached hydrogens (tertiary/aromatic N) is 1. The van der Waals surface area contributed by atoms with Crippen molar-refractivity contribution >= 4 is 28.9 Å². The number of nitrogen functional groups attached to an aromatic ring is 1. The summed E-state index contributed by atoms with van der Waals surface area (Å²) in [6, 6.07) is 9.23. The first-order valence-electron chi connectivity index (χ1n) is 7.24. The Bertz CT molecular complexity index is 713. The minimum atomic E-state index is -0.168. The van der Waals surface area contributed by atoms with E-state index in [0.717, 1.165) is 17.1 Å². The van der Waals surface area contributed by atoms with Crippen molar-refractivity contribution in [3.8, 4) is 0 Å². The van der Waals surface area contributed by atoms with Crippen molar-refractivity contribution in [3.63, 3.8) is 0 Å². The van der Waals surface area contributed by atoms with Crippen molar-refractivity contribution < 1.29 is 10.2 Å². The van der Waals surface area contributed by atoms with Gasteiger partial charge in [0.2, 0.25) is 0 Å². The number of halogens is 1. The molecule has 0 saturated heterocycles. The van der Waals surface area contributed by atoms with Gasteiger partial charge >= 0.3 is 0 Å². The van der Waals surface area contributed by atoms with E-state index < -0.39 is 0 Å². The number of aromatic nitrogens is 1. The van der Waals surface area contributed by atoms with E-state index in [1.807, 2.05) is 32.0 Å². The van der Waals surface area contributed by atoms with E-state index in [2.05, 4.69) is 22.3 Å². The van der Waals surface area contributed by atoms with Crippen LogP contribution in [0.3, 0.4) is 0 Å². The van der Waals surface area contributed by atoms with Crippen LogP contribution in [-0.4, -0.2) is 17.4 Å². The number of nitrogens with two attached hydrogens (primary N) is 1. The summed E-state index contributed by atoms with van der Waals surface area (Å²) in [5.74, 6) is -0.168. The zero-order valence-corrected chi connectivity index (χ0v) is 13.9. The van der Waals surface area contributed by atoms with Crippen LogP contribution in [0.1, 0.15) is 21.7 Å². The topological polar surface area (TPSA) is 70.6 Å². The molecule has 0 spiro atoms. The van der Waals surface area contributed by atoms with Crippen LogP contribution in [-0.2, 0) is 0 Å². The van der Waals surface area contributed by atoms with Crippen molar-refractivity contribution in [2.75, 3.05) is 12.0 Å². The summed E-state index contributed by atoms with van der Waals surface area (Å²) in [5.41, 5.74) is 8.75. The van der Waals surface area contributed by atoms with Crippen molar-refractivity contribution in [3.05, 3.63) is 65.0 Å². The summed E-state index contributed by atoms with van der Waals surface area (Å²) >= 11 is 5.88. The van der Waals surface area contributed by atoms with Crippen molar-refractivity contribution in [1.82, 2.24) is 10.3 Å². The number of carbonyl (C=O) groups excluding carboxylic acids is 1. The number of hydrogen-bond acceptors (Lipinski definition) is 3. The number of anilines is 1. The molecular formula is C17H20ClN4O+. The fourth-order valence-electron chi connectivity index (χ4n) is 2.23. The number of rotatable bonds is 6. The Kier molecular flexibility index (Phi) is 5.73. The molecule has 6 heteroatoms. The third-order valence-electron chi connectivity index (χ3n) is 3.23. The predicted molar refractivity (Wildman–Crippen MR) is 92.9 cm³/mol. The number of amides is 1. The summed E-state index contributed by atoms with van der Waals surface area (Å²) in [5, 5.41) is 3.47. The molecule has 0 saturated carbocycles. The minimum Gasteiger partial charge on any atom is -0.348 e. The minimum absolute atomic E-state index is 0.168. The number of aryl methyl sites for hydroxylation is 2. The SMILES string of the molecule is C=CCNC(=O)c1c([NH2+]Nc2ccc(Cl)cc2)cc(C)nc1C. The molecular weight excluding hydrogens is 312 g/mol. The molecule has 0 radical (unpaired) electrons. The number of hydrogen-bond donors (Lipinski definition) is 3. The average molecular weight is 332 g/mol. The molecule has 120 valence electrons. The van der Waals surface area contributed by atoms with Gasteiger partial charge in [-0.05, 0) is 38.1 Å². The van der Waals surface area contributed by atoms with Gasteiger partial charge in [0.25, 0.3) is 5.91 Å². The Labute approximate surface area is 140 Å². The van der Waals surface area contributed by atoms with Crippen molar-refractivity contribution in [2.45, 2.75) is 13.8 Å². The lowest BCUT2D eigenvalue weighted by atomic mass is 10.1. The van der Waals surface area contributed by atoms with Crippen LogP contribution in [0.2, 0.25) is 5.02 Å². The molecule has 0 fully saturated rings. The third-order valence-corrected chi connectivity index (χ3v) is 3.48. The molecule has 1 heterocycles. The normalized spacial score (nSPS) is 10.2. The molecule has 5 nitrogen and oxygen atoms in total. The maximum Gasteiger partial charge on any atom is 0.259 e. The van der Waals surface area contributed by atoms with Crippen LogP contribution >= 0.6 is 11.6 Å². The second-order valence-electron chi connectivity index (χ2n) is 5.11. The highest BCUT2D eigenvalue weighted by Crippen LogP contribution is 2.16. The number of nitrogens with one attached hydrogen (secondary N) is 2. The van der Waals surface area contributed by atoms with E-state index in [1.165, 1.54) is 0 Å². The van der Waals surface area contributed by atoms with Crippen LogP contribution in [0.25, 0.3) is 0 Å². The van der Waals surface area contributed by atoms with E-state index in [4.69, 9.17) is 11.6 Å². The van der Waals surface area contributed by atoms with Gasteiger partial charge in [0, 0.05) is 23.3 Å². The van der Waals surface area contributed by atoms with Crippen LogP contribution in [0, 0.1) is 13.8 Å². The van der Waals surface area contributed by atoms with Gasteiger partial charge in [0.05, 0.1) is 11.4 Å². The van der Waals surface area contributed by atoms with Gasteiger partial charge in [-0.3, -0.25) is 9.78 Å². The lowest BCUT2D eigenvalue weighted by Crippen LogP contribution is -2.83. The Hall–Kier alpha value is -2.37. The van der Waals surface area contributed by atoms with Gasteiger partial charge < -0.3 is 5.32 Å². The van der Waals surface area contributed by atoms with Crippen LogP contribution in [0.15, 0.2) is 43.0 Å². The van der Waals surface area contributed by atoms with E-state index in [-0.39, 0.29) is 5.91 Å². The largest absolute Gasteiger partial charge is 0.348 e. The molecule has 0 unspecified atom stereocenters. The lowest BCUT2D eigenvalue weighted by Gasteiger charge is -2.12. The molecule has 0 aliphatic carbocycles. The Balaban J connectivity index is 2.23. The number of quaternary nitrogens is 1. The summed E-state index contributed by atoms with van der Waals surface area (Å²) in [6.07, 6.45) is 1.64. The summed E-state index contributed by atoms with van der Waals surface area (Å²) in [6.45, 7) is 7.75. The maximum atomic E-state index is 12.3. The fourth-order valence-corrected chi connectivity index (χ4v) is 2.35. The standard InChI is InChI=1S/C17H19ClN4O/c1-4-9-19-17(23)16-12(3)20-11(2)10-15(16)22-21-14-7-5-13(18)6-8-14/h4-8,10,21H,1,9H2,2-3H3,(H,19,23)(H,20,22)/p+1. The van der Waals surface area contributed by atoms with E-state index in [0.29, 0.717) is 22.8 Å². The van der Waals surface area contributed by atoms with Crippen molar-refractivity contribution in [2.24, 2.45) is 0 Å². The zero-order chi connectivity index (χ0) is 16.8.